The highest BCUT2D eigenvalue weighted by Gasteiger charge is 1.99. The van der Waals surface area contributed by atoms with Gasteiger partial charge in [0.15, 0.2) is 0 Å². The molecule has 1 aromatic carbocycles. The number of nitrogen functional groups attached to an aromatic ring is 1. The zero-order valence-corrected chi connectivity index (χ0v) is 8.68. The second kappa shape index (κ2) is 5.30. The number of hydrogen-bond donors (Lipinski definition) is 2. The van der Waals surface area contributed by atoms with E-state index in [1.165, 1.54) is 0 Å². The van der Waals surface area contributed by atoms with E-state index in [-0.39, 0.29) is 0 Å². The highest BCUT2D eigenvalue weighted by molar-refractivity contribution is 5.64. The predicted molar refractivity (Wildman–Crippen MR) is 56.5 cm³/mol. The molecule has 0 unspecified atom stereocenters. The highest BCUT2D eigenvalue weighted by Crippen LogP contribution is 2.24. The lowest BCUT2D eigenvalue weighted by atomic mass is 10.1. The fourth-order valence-electron chi connectivity index (χ4n) is 0.920. The molecule has 13 heavy (non-hydrogen) atoms. The van der Waals surface area contributed by atoms with Gasteiger partial charge in [-0.15, -0.1) is 0 Å². The molecule has 0 saturated heterocycles. The van der Waals surface area contributed by atoms with Gasteiger partial charge in [-0.3, -0.25) is 0 Å². The van der Waals surface area contributed by atoms with Crippen molar-refractivity contribution in [3.63, 3.8) is 0 Å². The third-order valence-corrected chi connectivity index (χ3v) is 1.76. The van der Waals surface area contributed by atoms with E-state index in [1.54, 1.807) is 0 Å². The van der Waals surface area contributed by atoms with Crippen molar-refractivity contribution in [3.8, 4) is 0 Å². The molecular formula is C10H17N3. The van der Waals surface area contributed by atoms with E-state index in [4.69, 9.17) is 11.3 Å². The summed E-state index contributed by atoms with van der Waals surface area (Å²) in [4.78, 5) is 0. The van der Waals surface area contributed by atoms with Gasteiger partial charge in [0.2, 0.25) is 0 Å². The number of aryl methyl sites for hydroxylation is 2. The van der Waals surface area contributed by atoms with Crippen LogP contribution in [0, 0.1) is 19.4 Å². The average molecular weight is 179 g/mol. The summed E-state index contributed by atoms with van der Waals surface area (Å²) in [6.07, 6.45) is 0. The Labute approximate surface area is 79.5 Å². The molecule has 0 amide bonds. The van der Waals surface area contributed by atoms with Crippen LogP contribution < -0.4 is 5.73 Å². The van der Waals surface area contributed by atoms with Crippen LogP contribution in [0.15, 0.2) is 17.2 Å². The van der Waals surface area contributed by atoms with Crippen molar-refractivity contribution in [2.45, 2.75) is 27.7 Å². The maximum atomic E-state index is 6.80. The molecule has 3 nitrogen and oxygen atoms in total. The van der Waals surface area contributed by atoms with E-state index in [0.29, 0.717) is 11.4 Å². The topological polar surface area (TPSA) is 62.2 Å². The molecule has 3 N–H and O–H groups in total. The molecule has 0 fully saturated rings. The molecule has 0 aromatic heterocycles. The van der Waals surface area contributed by atoms with Crippen LogP contribution >= 0.6 is 0 Å². The fraction of sp³-hybridized carbons (Fsp3) is 0.400. The molecule has 0 radical (unpaired) electrons. The van der Waals surface area contributed by atoms with Crippen molar-refractivity contribution in [2.75, 3.05) is 5.73 Å². The molecule has 72 valence electrons. The predicted octanol–water partition coefficient (Wildman–Crippen LogP) is 3.57. The first-order valence-electron chi connectivity index (χ1n) is 4.39. The van der Waals surface area contributed by atoms with Gasteiger partial charge in [-0.2, -0.15) is 5.11 Å². The van der Waals surface area contributed by atoms with E-state index < -0.39 is 0 Å². The van der Waals surface area contributed by atoms with E-state index in [2.05, 4.69) is 5.11 Å². The maximum absolute atomic E-state index is 6.80. The molecule has 0 heterocycles. The van der Waals surface area contributed by atoms with Crippen LogP contribution in [0.4, 0.5) is 11.4 Å². The molecule has 0 aliphatic rings. The summed E-state index contributed by atoms with van der Waals surface area (Å²) in [6.45, 7) is 7.96. The molecule has 0 atom stereocenters. The Morgan fingerprint density at radius 3 is 2.08 bits per heavy atom. The van der Waals surface area contributed by atoms with Gasteiger partial charge in [0.05, 0.1) is 5.69 Å². The monoisotopic (exact) mass is 179 g/mol. The van der Waals surface area contributed by atoms with Gasteiger partial charge in [0.25, 0.3) is 0 Å². The lowest BCUT2D eigenvalue weighted by Gasteiger charge is -2.03. The van der Waals surface area contributed by atoms with Gasteiger partial charge in [-0.1, -0.05) is 13.8 Å². The first-order valence-corrected chi connectivity index (χ1v) is 4.39. The van der Waals surface area contributed by atoms with Gasteiger partial charge in [0.1, 0.15) is 5.69 Å². The van der Waals surface area contributed by atoms with Crippen LogP contribution in [0.3, 0.4) is 0 Å². The minimum atomic E-state index is 0.549. The van der Waals surface area contributed by atoms with Crippen molar-refractivity contribution < 1.29 is 0 Å². The molecule has 0 bridgehead atoms. The Bertz CT molecular complexity index is 292. The zero-order valence-electron chi connectivity index (χ0n) is 8.68. The maximum Gasteiger partial charge on any atom is 0.108 e. The van der Waals surface area contributed by atoms with Crippen LogP contribution in [0.2, 0.25) is 0 Å². The summed E-state index contributed by atoms with van der Waals surface area (Å²) in [5.74, 6) is 0. The zero-order chi connectivity index (χ0) is 10.4. The minimum Gasteiger partial charge on any atom is -0.397 e. The number of nitrogens with one attached hydrogen (secondary N) is 1. The fourth-order valence-corrected chi connectivity index (χ4v) is 0.920. The van der Waals surface area contributed by atoms with Crippen LogP contribution in [0.25, 0.3) is 0 Å². The number of nitrogens with zero attached hydrogens (tertiary/aromatic N) is 1. The minimum absolute atomic E-state index is 0.549. The van der Waals surface area contributed by atoms with Gasteiger partial charge in [-0.05, 0) is 37.1 Å². The second-order valence-corrected chi connectivity index (χ2v) is 2.61. The number of hydrogen-bond acceptors (Lipinski definition) is 3. The van der Waals surface area contributed by atoms with E-state index in [0.717, 1.165) is 11.1 Å². The summed E-state index contributed by atoms with van der Waals surface area (Å²) in [5.41, 5.74) is 15.8. The molecule has 1 aromatic rings. The van der Waals surface area contributed by atoms with Crippen molar-refractivity contribution in [3.05, 3.63) is 23.3 Å². The third kappa shape index (κ3) is 2.86. The Morgan fingerprint density at radius 2 is 1.62 bits per heavy atom. The normalized spacial score (nSPS) is 8.62. The summed E-state index contributed by atoms with van der Waals surface area (Å²) in [6, 6.07) is 3.65. The number of rotatable bonds is 1. The Balaban J connectivity index is 0.000000671. The number of anilines is 1. The van der Waals surface area contributed by atoms with Gasteiger partial charge in [-0.25, -0.2) is 5.53 Å². The Morgan fingerprint density at radius 1 is 1.15 bits per heavy atom. The van der Waals surface area contributed by atoms with E-state index in [1.807, 2.05) is 39.8 Å². The smallest absolute Gasteiger partial charge is 0.108 e. The summed E-state index contributed by atoms with van der Waals surface area (Å²) in [7, 11) is 0. The van der Waals surface area contributed by atoms with Crippen LogP contribution in [0.1, 0.15) is 25.0 Å². The average Bonchev–Trinajstić information content (AvgIpc) is 2.15. The van der Waals surface area contributed by atoms with Crippen molar-refractivity contribution in [1.29, 1.82) is 5.53 Å². The summed E-state index contributed by atoms with van der Waals surface area (Å²) in [5, 5.41) is 3.30. The molecule has 0 aliphatic heterocycles. The number of nitrogens with two attached hydrogens (primary N) is 1. The Hall–Kier alpha value is -1.38. The Kier molecular flexibility index (Phi) is 4.74. The first-order chi connectivity index (χ1) is 6.15. The quantitative estimate of drug-likeness (QED) is 0.502. The summed E-state index contributed by atoms with van der Waals surface area (Å²) >= 11 is 0. The van der Waals surface area contributed by atoms with Crippen LogP contribution in [-0.4, -0.2) is 0 Å². The van der Waals surface area contributed by atoms with Crippen molar-refractivity contribution >= 4 is 11.4 Å². The highest BCUT2D eigenvalue weighted by atomic mass is 15.0. The third-order valence-electron chi connectivity index (χ3n) is 1.76. The van der Waals surface area contributed by atoms with Gasteiger partial charge < -0.3 is 5.73 Å². The lowest BCUT2D eigenvalue weighted by molar-refractivity contribution is 1.14. The number of benzene rings is 1. The van der Waals surface area contributed by atoms with Crippen LogP contribution in [0.5, 0.6) is 0 Å². The van der Waals surface area contributed by atoms with Crippen molar-refractivity contribution in [1.82, 2.24) is 0 Å². The second-order valence-electron chi connectivity index (χ2n) is 2.61. The van der Waals surface area contributed by atoms with E-state index in [9.17, 15) is 0 Å². The molecule has 0 spiro atoms. The molecule has 3 heteroatoms. The standard InChI is InChI=1S/C8H11N3.C2H6/c1-5-3-7(9)8(11-10)4-6(5)2;1-2/h3-4,10H,9H2,1-2H3;1-2H3. The molecule has 0 saturated carbocycles. The molecule has 0 aliphatic carbocycles. The SMILES string of the molecule is CC.Cc1cc(N)c(N=N)cc1C. The largest absolute Gasteiger partial charge is 0.397 e. The molecule has 1 rings (SSSR count). The van der Waals surface area contributed by atoms with Crippen LogP contribution in [-0.2, 0) is 0 Å². The molecular weight excluding hydrogens is 162 g/mol. The van der Waals surface area contributed by atoms with Crippen molar-refractivity contribution in [2.24, 2.45) is 5.11 Å². The van der Waals surface area contributed by atoms with Gasteiger partial charge in [0, 0.05) is 0 Å². The first kappa shape index (κ1) is 11.6. The lowest BCUT2D eigenvalue weighted by Crippen LogP contribution is -1.88. The van der Waals surface area contributed by atoms with E-state index >= 15 is 0 Å². The van der Waals surface area contributed by atoms with Gasteiger partial charge >= 0.3 is 0 Å². The summed E-state index contributed by atoms with van der Waals surface area (Å²) < 4.78 is 0.